The number of nitrogens with one attached hydrogen (secondary N) is 2. The zero-order chi connectivity index (χ0) is 10.7. The predicted octanol–water partition coefficient (Wildman–Crippen LogP) is 2.39. The molecular formula is C12H16N2O. The molecule has 1 amide bonds. The van der Waals surface area contributed by atoms with E-state index >= 15 is 0 Å². The quantitative estimate of drug-likeness (QED) is 0.793. The van der Waals surface area contributed by atoms with Crippen LogP contribution in [0, 0.1) is 0 Å². The first-order valence-electron chi connectivity index (χ1n) is 5.46. The van der Waals surface area contributed by atoms with Gasteiger partial charge in [0.05, 0.1) is 0 Å². The van der Waals surface area contributed by atoms with E-state index in [0.29, 0.717) is 6.42 Å². The third kappa shape index (κ3) is 2.29. The van der Waals surface area contributed by atoms with Crippen LogP contribution in [0.25, 0.3) is 0 Å². The average molecular weight is 204 g/mol. The fourth-order valence-electron chi connectivity index (χ4n) is 1.83. The molecule has 3 nitrogen and oxygen atoms in total. The van der Waals surface area contributed by atoms with Crippen LogP contribution >= 0.6 is 0 Å². The van der Waals surface area contributed by atoms with Gasteiger partial charge in [0.2, 0.25) is 5.91 Å². The Morgan fingerprint density at radius 3 is 3.20 bits per heavy atom. The number of carbonyl (C=O) groups excluding carboxylic acids is 1. The number of fused-ring (bicyclic) bond motifs is 1. The summed E-state index contributed by atoms with van der Waals surface area (Å²) in [5.74, 6) is 0.100. The highest BCUT2D eigenvalue weighted by atomic mass is 16.1. The van der Waals surface area contributed by atoms with Gasteiger partial charge >= 0.3 is 0 Å². The van der Waals surface area contributed by atoms with Crippen LogP contribution in [0.3, 0.4) is 0 Å². The van der Waals surface area contributed by atoms with Gasteiger partial charge in [-0.3, -0.25) is 4.79 Å². The molecule has 2 N–H and O–H groups in total. The molecule has 1 aromatic carbocycles. The van der Waals surface area contributed by atoms with E-state index in [1.807, 2.05) is 19.1 Å². The van der Waals surface area contributed by atoms with Gasteiger partial charge in [-0.15, -0.1) is 0 Å². The Morgan fingerprint density at radius 1 is 1.53 bits per heavy atom. The lowest BCUT2D eigenvalue weighted by Crippen LogP contribution is -2.10. The van der Waals surface area contributed by atoms with Crippen LogP contribution in [0.1, 0.15) is 25.3 Å². The zero-order valence-electron chi connectivity index (χ0n) is 8.97. The van der Waals surface area contributed by atoms with Gasteiger partial charge in [0.25, 0.3) is 0 Å². The molecule has 15 heavy (non-hydrogen) atoms. The van der Waals surface area contributed by atoms with Crippen molar-refractivity contribution in [3.05, 3.63) is 23.8 Å². The lowest BCUT2D eigenvalue weighted by molar-refractivity contribution is -0.116. The summed E-state index contributed by atoms with van der Waals surface area (Å²) in [6.07, 6.45) is 2.53. The van der Waals surface area contributed by atoms with E-state index < -0.39 is 0 Å². The van der Waals surface area contributed by atoms with Crippen LogP contribution in [0.15, 0.2) is 18.2 Å². The van der Waals surface area contributed by atoms with E-state index in [1.54, 1.807) is 0 Å². The van der Waals surface area contributed by atoms with Gasteiger partial charge in [-0.1, -0.05) is 6.92 Å². The second-order valence-electron chi connectivity index (χ2n) is 3.85. The van der Waals surface area contributed by atoms with Crippen molar-refractivity contribution in [2.45, 2.75) is 26.2 Å². The Kier molecular flexibility index (Phi) is 2.90. The Hall–Kier alpha value is -1.51. The van der Waals surface area contributed by atoms with E-state index in [4.69, 9.17) is 0 Å². The van der Waals surface area contributed by atoms with Crippen molar-refractivity contribution < 1.29 is 4.79 Å². The lowest BCUT2D eigenvalue weighted by atomic mass is 10.1. The minimum absolute atomic E-state index is 0.100. The Bertz CT molecular complexity index is 374. The van der Waals surface area contributed by atoms with E-state index in [0.717, 1.165) is 25.1 Å². The monoisotopic (exact) mass is 204 g/mol. The van der Waals surface area contributed by atoms with E-state index in [-0.39, 0.29) is 5.91 Å². The molecule has 0 unspecified atom stereocenters. The second-order valence-corrected chi connectivity index (χ2v) is 3.85. The number of anilines is 2. The molecule has 0 aliphatic carbocycles. The van der Waals surface area contributed by atoms with Gasteiger partial charge in [-0.05, 0) is 36.6 Å². The smallest absolute Gasteiger partial charge is 0.224 e. The minimum Gasteiger partial charge on any atom is -0.384 e. The average Bonchev–Trinajstić information content (AvgIpc) is 2.65. The van der Waals surface area contributed by atoms with Crippen molar-refractivity contribution in [1.29, 1.82) is 0 Å². The number of amides is 1. The summed E-state index contributed by atoms with van der Waals surface area (Å²) in [6.45, 7) is 3.01. The standard InChI is InChI=1S/C12H16N2O/c1-2-3-12(15)14-10-4-5-11-9(8-10)6-7-13-11/h4-5,8,13H,2-3,6-7H2,1H3,(H,14,15). The molecule has 0 saturated carbocycles. The van der Waals surface area contributed by atoms with E-state index in [1.165, 1.54) is 11.3 Å². The molecule has 0 radical (unpaired) electrons. The molecule has 1 aliphatic heterocycles. The lowest BCUT2D eigenvalue weighted by Gasteiger charge is -2.06. The molecule has 0 atom stereocenters. The Morgan fingerprint density at radius 2 is 2.40 bits per heavy atom. The molecule has 2 rings (SSSR count). The highest BCUT2D eigenvalue weighted by Gasteiger charge is 2.10. The van der Waals surface area contributed by atoms with Crippen LogP contribution in [0.5, 0.6) is 0 Å². The predicted molar refractivity (Wildman–Crippen MR) is 62.2 cm³/mol. The molecule has 0 aromatic heterocycles. The highest BCUT2D eigenvalue weighted by molar-refractivity contribution is 5.91. The summed E-state index contributed by atoms with van der Waals surface area (Å²) in [7, 11) is 0. The Balaban J connectivity index is 2.06. The molecule has 0 spiro atoms. The molecule has 1 aromatic rings. The number of hydrogen-bond acceptors (Lipinski definition) is 2. The fraction of sp³-hybridized carbons (Fsp3) is 0.417. The van der Waals surface area contributed by atoms with Crippen LogP contribution in [0.4, 0.5) is 11.4 Å². The minimum atomic E-state index is 0.100. The first-order chi connectivity index (χ1) is 7.29. The third-order valence-corrected chi connectivity index (χ3v) is 2.58. The van der Waals surface area contributed by atoms with Gasteiger partial charge in [-0.2, -0.15) is 0 Å². The van der Waals surface area contributed by atoms with Gasteiger partial charge in [0.15, 0.2) is 0 Å². The highest BCUT2D eigenvalue weighted by Crippen LogP contribution is 2.25. The van der Waals surface area contributed by atoms with Crippen molar-refractivity contribution in [3.63, 3.8) is 0 Å². The summed E-state index contributed by atoms with van der Waals surface area (Å²) in [4.78, 5) is 11.4. The molecule has 80 valence electrons. The summed E-state index contributed by atoms with van der Waals surface area (Å²) in [5.41, 5.74) is 3.41. The van der Waals surface area contributed by atoms with E-state index in [9.17, 15) is 4.79 Å². The van der Waals surface area contributed by atoms with Gasteiger partial charge in [0.1, 0.15) is 0 Å². The normalized spacial score (nSPS) is 13.1. The fourth-order valence-corrected chi connectivity index (χ4v) is 1.83. The first kappa shape index (κ1) is 10.0. The van der Waals surface area contributed by atoms with Gasteiger partial charge in [-0.25, -0.2) is 0 Å². The summed E-state index contributed by atoms with van der Waals surface area (Å²) in [5, 5.41) is 6.20. The maximum absolute atomic E-state index is 11.4. The molecule has 0 fully saturated rings. The second kappa shape index (κ2) is 4.34. The summed E-state index contributed by atoms with van der Waals surface area (Å²) < 4.78 is 0. The van der Waals surface area contributed by atoms with Crippen LogP contribution in [-0.4, -0.2) is 12.5 Å². The van der Waals surface area contributed by atoms with Crippen LogP contribution < -0.4 is 10.6 Å². The van der Waals surface area contributed by atoms with Crippen molar-refractivity contribution in [2.75, 3.05) is 17.2 Å². The molecule has 0 saturated heterocycles. The maximum Gasteiger partial charge on any atom is 0.224 e. The molecule has 0 bridgehead atoms. The molecule has 1 aliphatic rings. The molecular weight excluding hydrogens is 188 g/mol. The SMILES string of the molecule is CCCC(=O)Nc1ccc2c(c1)CCN2. The van der Waals surface area contributed by atoms with Crippen molar-refractivity contribution in [3.8, 4) is 0 Å². The maximum atomic E-state index is 11.4. The van der Waals surface area contributed by atoms with Crippen molar-refractivity contribution in [1.82, 2.24) is 0 Å². The summed E-state index contributed by atoms with van der Waals surface area (Å²) in [6, 6.07) is 6.04. The van der Waals surface area contributed by atoms with Gasteiger partial charge < -0.3 is 10.6 Å². The van der Waals surface area contributed by atoms with Crippen molar-refractivity contribution in [2.24, 2.45) is 0 Å². The zero-order valence-corrected chi connectivity index (χ0v) is 8.97. The largest absolute Gasteiger partial charge is 0.384 e. The molecule has 3 heteroatoms. The molecule has 1 heterocycles. The number of benzene rings is 1. The topological polar surface area (TPSA) is 41.1 Å². The van der Waals surface area contributed by atoms with Crippen molar-refractivity contribution >= 4 is 17.3 Å². The van der Waals surface area contributed by atoms with Gasteiger partial charge in [0, 0.05) is 24.3 Å². The number of carbonyl (C=O) groups is 1. The number of rotatable bonds is 3. The third-order valence-electron chi connectivity index (χ3n) is 2.58. The van der Waals surface area contributed by atoms with Crippen LogP contribution in [-0.2, 0) is 11.2 Å². The Labute approximate surface area is 89.9 Å². The number of hydrogen-bond donors (Lipinski definition) is 2. The van der Waals surface area contributed by atoms with E-state index in [2.05, 4.69) is 16.7 Å². The van der Waals surface area contributed by atoms with Crippen LogP contribution in [0.2, 0.25) is 0 Å². The summed E-state index contributed by atoms with van der Waals surface area (Å²) >= 11 is 0. The first-order valence-corrected chi connectivity index (χ1v) is 5.46.